The lowest BCUT2D eigenvalue weighted by Gasteiger charge is -2.34. The molecular formula is C20H25ClN2O3. The van der Waals surface area contributed by atoms with Crippen LogP contribution in [0.15, 0.2) is 34.9 Å². The third-order valence-corrected chi connectivity index (χ3v) is 4.81. The lowest BCUT2D eigenvalue weighted by Crippen LogP contribution is -2.51. The number of carbonyl (C=O) groups is 2. The first-order valence-electron chi connectivity index (χ1n) is 8.46. The van der Waals surface area contributed by atoms with Crippen LogP contribution in [0.3, 0.4) is 0 Å². The normalized spacial score (nSPS) is 12.1. The second kappa shape index (κ2) is 7.23. The molecule has 0 fully saturated rings. The maximum absolute atomic E-state index is 12.8. The number of likely N-dealkylation sites (N-methyl/N-ethyl adjacent to an activating group) is 1. The van der Waals surface area contributed by atoms with Gasteiger partial charge in [0.1, 0.15) is 5.76 Å². The Hall–Kier alpha value is -2.14. The Morgan fingerprint density at radius 1 is 1.12 bits per heavy atom. The highest BCUT2D eigenvalue weighted by Crippen LogP contribution is 2.24. The van der Waals surface area contributed by atoms with Crippen LogP contribution in [0, 0.1) is 0 Å². The number of hydrogen-bond acceptors (Lipinski definition) is 4. The van der Waals surface area contributed by atoms with Crippen molar-refractivity contribution in [2.75, 3.05) is 7.05 Å². The van der Waals surface area contributed by atoms with Gasteiger partial charge in [-0.15, -0.1) is 0 Å². The second-order valence-corrected chi connectivity index (χ2v) is 8.40. The Balaban J connectivity index is 2.14. The molecule has 1 aromatic heterocycles. The number of halogens is 1. The molecule has 1 heterocycles. The molecule has 1 aromatic carbocycles. The predicted octanol–water partition coefficient (Wildman–Crippen LogP) is 4.29. The fourth-order valence-electron chi connectivity index (χ4n) is 2.36. The SMILES string of the molecule is CN(C(=O)c1ccc(Cl)cc1)C(C)(C)C(=O)Cc1cc(C(C)(C)C)on1. The highest BCUT2D eigenvalue weighted by Gasteiger charge is 2.36. The molecule has 0 radical (unpaired) electrons. The van der Waals surface area contributed by atoms with E-state index in [4.69, 9.17) is 16.1 Å². The second-order valence-electron chi connectivity index (χ2n) is 7.96. The van der Waals surface area contributed by atoms with Gasteiger partial charge in [0.15, 0.2) is 5.78 Å². The molecule has 2 rings (SSSR count). The summed E-state index contributed by atoms with van der Waals surface area (Å²) in [6, 6.07) is 8.40. The zero-order chi connectivity index (χ0) is 19.7. The van der Waals surface area contributed by atoms with Crippen molar-refractivity contribution < 1.29 is 14.1 Å². The van der Waals surface area contributed by atoms with Crippen LogP contribution in [-0.4, -0.2) is 34.3 Å². The topological polar surface area (TPSA) is 63.4 Å². The van der Waals surface area contributed by atoms with E-state index in [0.717, 1.165) is 5.76 Å². The molecule has 0 spiro atoms. The fraction of sp³-hybridized carbons (Fsp3) is 0.450. The summed E-state index contributed by atoms with van der Waals surface area (Å²) in [7, 11) is 1.62. The minimum atomic E-state index is -0.989. The summed E-state index contributed by atoms with van der Waals surface area (Å²) in [5.74, 6) is 0.371. The summed E-state index contributed by atoms with van der Waals surface area (Å²) < 4.78 is 5.34. The molecule has 0 aliphatic carbocycles. The van der Waals surface area contributed by atoms with Gasteiger partial charge in [0, 0.05) is 29.1 Å². The number of ketones is 1. The summed E-state index contributed by atoms with van der Waals surface area (Å²) in [5, 5.41) is 4.55. The van der Waals surface area contributed by atoms with Crippen molar-refractivity contribution in [3.05, 3.63) is 52.4 Å². The van der Waals surface area contributed by atoms with Gasteiger partial charge in [-0.3, -0.25) is 9.59 Å². The smallest absolute Gasteiger partial charge is 0.254 e. The van der Waals surface area contributed by atoms with Gasteiger partial charge in [-0.1, -0.05) is 37.5 Å². The highest BCUT2D eigenvalue weighted by molar-refractivity contribution is 6.30. The van der Waals surface area contributed by atoms with Crippen LogP contribution in [0.25, 0.3) is 0 Å². The van der Waals surface area contributed by atoms with Crippen molar-refractivity contribution in [1.29, 1.82) is 0 Å². The van der Waals surface area contributed by atoms with Gasteiger partial charge in [-0.05, 0) is 38.1 Å². The van der Waals surface area contributed by atoms with Crippen molar-refractivity contribution in [1.82, 2.24) is 10.1 Å². The first kappa shape index (κ1) is 20.2. The lowest BCUT2D eigenvalue weighted by molar-refractivity contribution is -0.126. The Labute approximate surface area is 159 Å². The van der Waals surface area contributed by atoms with Gasteiger partial charge in [-0.2, -0.15) is 0 Å². The molecule has 26 heavy (non-hydrogen) atoms. The van der Waals surface area contributed by atoms with E-state index in [9.17, 15) is 9.59 Å². The first-order chi connectivity index (χ1) is 11.9. The van der Waals surface area contributed by atoms with Crippen LogP contribution in [0.5, 0.6) is 0 Å². The third-order valence-electron chi connectivity index (χ3n) is 4.56. The van der Waals surface area contributed by atoms with Crippen molar-refractivity contribution in [3.8, 4) is 0 Å². The average molecular weight is 377 g/mol. The van der Waals surface area contributed by atoms with Gasteiger partial charge in [0.25, 0.3) is 5.91 Å². The van der Waals surface area contributed by atoms with E-state index < -0.39 is 5.54 Å². The Bertz CT molecular complexity index is 801. The van der Waals surface area contributed by atoms with E-state index in [-0.39, 0.29) is 23.5 Å². The highest BCUT2D eigenvalue weighted by atomic mass is 35.5. The molecular weight excluding hydrogens is 352 g/mol. The maximum atomic E-state index is 12.8. The van der Waals surface area contributed by atoms with Crippen LogP contribution in [0.1, 0.15) is 56.4 Å². The van der Waals surface area contributed by atoms with Gasteiger partial charge in [0.05, 0.1) is 17.7 Å². The van der Waals surface area contributed by atoms with E-state index >= 15 is 0 Å². The number of hydrogen-bond donors (Lipinski definition) is 0. The van der Waals surface area contributed by atoms with E-state index in [1.54, 1.807) is 51.2 Å². The summed E-state index contributed by atoms with van der Waals surface area (Å²) in [6.45, 7) is 9.51. The van der Waals surface area contributed by atoms with Gasteiger partial charge in [0.2, 0.25) is 0 Å². The van der Waals surface area contributed by atoms with Crippen LogP contribution < -0.4 is 0 Å². The summed E-state index contributed by atoms with van der Waals surface area (Å²) in [5.41, 5.74) is -0.113. The summed E-state index contributed by atoms with van der Waals surface area (Å²) in [6.07, 6.45) is 0.102. The predicted molar refractivity (Wildman–Crippen MR) is 102 cm³/mol. The van der Waals surface area contributed by atoms with Gasteiger partial charge < -0.3 is 9.42 Å². The minimum absolute atomic E-state index is 0.102. The molecule has 5 nitrogen and oxygen atoms in total. The Kier molecular flexibility index (Phi) is 5.61. The number of carbonyl (C=O) groups excluding carboxylic acids is 2. The molecule has 1 amide bonds. The van der Waals surface area contributed by atoms with E-state index in [1.807, 2.05) is 20.8 Å². The van der Waals surface area contributed by atoms with Crippen LogP contribution in [0.2, 0.25) is 5.02 Å². The molecule has 0 aliphatic rings. The molecule has 0 N–H and O–H groups in total. The van der Waals surface area contributed by atoms with Crippen LogP contribution in [0.4, 0.5) is 0 Å². The third kappa shape index (κ3) is 4.33. The number of nitrogens with zero attached hydrogens (tertiary/aromatic N) is 2. The molecule has 140 valence electrons. The zero-order valence-electron chi connectivity index (χ0n) is 16.1. The lowest BCUT2D eigenvalue weighted by atomic mass is 9.91. The van der Waals surface area contributed by atoms with E-state index in [1.165, 1.54) is 4.90 Å². The number of Topliss-reactive ketones (excluding diaryl/α,β-unsaturated/α-hetero) is 1. The minimum Gasteiger partial charge on any atom is -0.361 e. The van der Waals surface area contributed by atoms with Crippen molar-refractivity contribution in [2.45, 2.75) is 52.0 Å². The molecule has 6 heteroatoms. The summed E-state index contributed by atoms with van der Waals surface area (Å²) in [4.78, 5) is 27.0. The maximum Gasteiger partial charge on any atom is 0.254 e. The first-order valence-corrected chi connectivity index (χ1v) is 8.84. The van der Waals surface area contributed by atoms with Crippen molar-refractivity contribution in [2.24, 2.45) is 0 Å². The average Bonchev–Trinajstić information content (AvgIpc) is 3.03. The van der Waals surface area contributed by atoms with E-state index in [0.29, 0.717) is 16.3 Å². The van der Waals surface area contributed by atoms with Crippen molar-refractivity contribution >= 4 is 23.3 Å². The fourth-order valence-corrected chi connectivity index (χ4v) is 2.48. The zero-order valence-corrected chi connectivity index (χ0v) is 16.8. The molecule has 0 saturated carbocycles. The van der Waals surface area contributed by atoms with Crippen LogP contribution in [-0.2, 0) is 16.6 Å². The van der Waals surface area contributed by atoms with Gasteiger partial charge >= 0.3 is 0 Å². The Morgan fingerprint density at radius 3 is 2.19 bits per heavy atom. The standard InChI is InChI=1S/C20H25ClN2O3/c1-19(2,3)17-12-15(22-26-17)11-16(24)20(4,5)23(6)18(25)13-7-9-14(21)10-8-13/h7-10,12H,11H2,1-6H3. The van der Waals surface area contributed by atoms with Crippen molar-refractivity contribution in [3.63, 3.8) is 0 Å². The Morgan fingerprint density at radius 2 is 1.69 bits per heavy atom. The van der Waals surface area contributed by atoms with E-state index in [2.05, 4.69) is 5.16 Å². The number of amides is 1. The number of rotatable bonds is 5. The number of benzene rings is 1. The largest absolute Gasteiger partial charge is 0.361 e. The molecule has 0 unspecified atom stereocenters. The quantitative estimate of drug-likeness (QED) is 0.780. The van der Waals surface area contributed by atoms with Crippen LogP contribution >= 0.6 is 11.6 Å². The molecule has 0 bridgehead atoms. The molecule has 0 atom stereocenters. The molecule has 2 aromatic rings. The number of aromatic nitrogens is 1. The monoisotopic (exact) mass is 376 g/mol. The van der Waals surface area contributed by atoms with Gasteiger partial charge in [-0.25, -0.2) is 0 Å². The molecule has 0 aliphatic heterocycles. The summed E-state index contributed by atoms with van der Waals surface area (Å²) >= 11 is 5.87. The molecule has 0 saturated heterocycles.